The van der Waals surface area contributed by atoms with E-state index in [-0.39, 0.29) is 33.1 Å². The standard InChI is InChI=1S/C24H20ClFN4O4S2/c1-13-29-19-11-15(23(27)28-2)4-5-17(19)24(32)30(13)20-6-3-14(10-18(20)26)9-16(31)12-36(33,34)22-8-7-21(25)35-22/h3-8,10-11H,9,12H2,1-2H3,(H2,27,28). The highest BCUT2D eigenvalue weighted by Gasteiger charge is 2.22. The van der Waals surface area contributed by atoms with Gasteiger partial charge < -0.3 is 5.73 Å². The Kier molecular flexibility index (Phi) is 7.07. The lowest BCUT2D eigenvalue weighted by molar-refractivity contribution is -0.116. The van der Waals surface area contributed by atoms with Gasteiger partial charge in [0.2, 0.25) is 0 Å². The Morgan fingerprint density at radius 1 is 1.19 bits per heavy atom. The minimum Gasteiger partial charge on any atom is -0.384 e. The van der Waals surface area contributed by atoms with Crippen molar-refractivity contribution in [1.82, 2.24) is 9.55 Å². The third-order valence-corrected chi connectivity index (χ3v) is 8.92. The van der Waals surface area contributed by atoms with Crippen LogP contribution >= 0.6 is 22.9 Å². The molecule has 2 heterocycles. The quantitative estimate of drug-likeness (QED) is 0.279. The van der Waals surface area contributed by atoms with Crippen molar-refractivity contribution in [2.75, 3.05) is 12.8 Å². The third-order valence-electron chi connectivity index (χ3n) is 5.43. The third kappa shape index (κ3) is 5.08. The second-order valence-corrected chi connectivity index (χ2v) is 11.9. The summed E-state index contributed by atoms with van der Waals surface area (Å²) in [6.45, 7) is 1.57. The molecule has 2 aromatic carbocycles. The fourth-order valence-corrected chi connectivity index (χ4v) is 6.55. The van der Waals surface area contributed by atoms with Crippen molar-refractivity contribution in [3.8, 4) is 5.69 Å². The van der Waals surface area contributed by atoms with Gasteiger partial charge in [-0.25, -0.2) is 17.8 Å². The summed E-state index contributed by atoms with van der Waals surface area (Å²) in [4.78, 5) is 33.9. The van der Waals surface area contributed by atoms with Gasteiger partial charge in [0.05, 0.1) is 20.9 Å². The number of thiophene rings is 1. The molecule has 0 saturated carbocycles. The zero-order chi connectivity index (χ0) is 26.2. The van der Waals surface area contributed by atoms with E-state index in [0.29, 0.717) is 21.3 Å². The van der Waals surface area contributed by atoms with Crippen molar-refractivity contribution in [1.29, 1.82) is 0 Å². The van der Waals surface area contributed by atoms with E-state index in [9.17, 15) is 18.0 Å². The van der Waals surface area contributed by atoms with Crippen LogP contribution in [0.4, 0.5) is 4.39 Å². The van der Waals surface area contributed by atoms with Gasteiger partial charge in [-0.3, -0.25) is 19.1 Å². The molecule has 0 atom stereocenters. The van der Waals surface area contributed by atoms with Crippen LogP contribution in [0, 0.1) is 12.7 Å². The average molecular weight is 547 g/mol. The van der Waals surface area contributed by atoms with E-state index < -0.39 is 32.7 Å². The zero-order valence-electron chi connectivity index (χ0n) is 19.2. The molecule has 0 aliphatic heterocycles. The lowest BCUT2D eigenvalue weighted by atomic mass is 10.1. The normalized spacial score (nSPS) is 12.3. The van der Waals surface area contributed by atoms with Crippen molar-refractivity contribution in [2.45, 2.75) is 17.6 Å². The lowest BCUT2D eigenvalue weighted by Gasteiger charge is -2.13. The van der Waals surface area contributed by atoms with Crippen LogP contribution in [0.1, 0.15) is 17.0 Å². The summed E-state index contributed by atoms with van der Waals surface area (Å²) in [7, 11) is -2.29. The maximum atomic E-state index is 15.1. The molecule has 2 aromatic heterocycles. The Labute approximate surface area is 214 Å². The highest BCUT2D eigenvalue weighted by Crippen LogP contribution is 2.27. The summed E-state index contributed by atoms with van der Waals surface area (Å²) in [6.07, 6.45) is -0.289. The fraction of sp³-hybridized carbons (Fsp3) is 0.167. The highest BCUT2D eigenvalue weighted by atomic mass is 35.5. The van der Waals surface area contributed by atoms with E-state index in [1.807, 2.05) is 0 Å². The second-order valence-electron chi connectivity index (χ2n) is 7.96. The van der Waals surface area contributed by atoms with E-state index in [4.69, 9.17) is 17.3 Å². The number of sulfone groups is 1. The molecule has 4 aromatic rings. The molecule has 186 valence electrons. The number of hydrogen-bond acceptors (Lipinski definition) is 7. The van der Waals surface area contributed by atoms with Gasteiger partial charge in [-0.1, -0.05) is 23.7 Å². The number of carbonyl (C=O) groups excluding carboxylic acids is 1. The minimum absolute atomic E-state index is 0.00202. The number of Topliss-reactive ketones (excluding diaryl/α,β-unsaturated/α-hetero) is 1. The topological polar surface area (TPSA) is 124 Å². The molecule has 0 fully saturated rings. The van der Waals surface area contributed by atoms with Crippen molar-refractivity contribution in [3.05, 3.63) is 86.0 Å². The predicted octanol–water partition coefficient (Wildman–Crippen LogP) is 3.47. The molecule has 36 heavy (non-hydrogen) atoms. The van der Waals surface area contributed by atoms with Crippen molar-refractivity contribution in [2.24, 2.45) is 10.7 Å². The molecule has 0 spiro atoms. The maximum Gasteiger partial charge on any atom is 0.266 e. The van der Waals surface area contributed by atoms with E-state index >= 15 is 4.39 Å². The van der Waals surface area contributed by atoms with Crippen LogP contribution in [-0.4, -0.2) is 42.4 Å². The number of aryl methyl sites for hydroxylation is 1. The second kappa shape index (κ2) is 9.92. The summed E-state index contributed by atoms with van der Waals surface area (Å²) in [5, 5.41) is 0.269. The first-order chi connectivity index (χ1) is 17.0. The van der Waals surface area contributed by atoms with E-state index in [2.05, 4.69) is 9.98 Å². The predicted molar refractivity (Wildman–Crippen MR) is 139 cm³/mol. The van der Waals surface area contributed by atoms with Gasteiger partial charge in [-0.2, -0.15) is 0 Å². The van der Waals surface area contributed by atoms with Gasteiger partial charge in [-0.15, -0.1) is 11.3 Å². The first kappa shape index (κ1) is 25.7. The summed E-state index contributed by atoms with van der Waals surface area (Å²) >= 11 is 6.65. The van der Waals surface area contributed by atoms with Crippen molar-refractivity contribution >= 4 is 55.3 Å². The van der Waals surface area contributed by atoms with Crippen LogP contribution in [0.2, 0.25) is 4.34 Å². The van der Waals surface area contributed by atoms with Gasteiger partial charge in [0.25, 0.3) is 5.56 Å². The lowest BCUT2D eigenvalue weighted by Crippen LogP contribution is -2.24. The largest absolute Gasteiger partial charge is 0.384 e. The van der Waals surface area contributed by atoms with Crippen LogP contribution in [0.5, 0.6) is 0 Å². The molecule has 0 amide bonds. The molecule has 0 bridgehead atoms. The number of halogens is 2. The maximum absolute atomic E-state index is 15.1. The Balaban J connectivity index is 1.62. The molecular formula is C24H20ClFN4O4S2. The number of amidine groups is 1. The summed E-state index contributed by atoms with van der Waals surface area (Å²) in [5.74, 6) is -1.53. The molecular weight excluding hydrogens is 527 g/mol. The molecule has 8 nitrogen and oxygen atoms in total. The number of nitrogens with two attached hydrogens (primary N) is 1. The molecule has 0 unspecified atom stereocenters. The van der Waals surface area contributed by atoms with Gasteiger partial charge in [0.15, 0.2) is 15.6 Å². The number of hydrogen-bond donors (Lipinski definition) is 1. The molecule has 0 aliphatic carbocycles. The first-order valence-electron chi connectivity index (χ1n) is 10.5. The SMILES string of the molecule is CN=C(N)c1ccc2c(=O)n(-c3ccc(CC(=O)CS(=O)(=O)c4ccc(Cl)s4)cc3F)c(C)nc2c1. The number of rotatable bonds is 7. The zero-order valence-corrected chi connectivity index (χ0v) is 21.5. The number of nitrogens with zero attached hydrogens (tertiary/aromatic N) is 3. The van der Waals surface area contributed by atoms with Gasteiger partial charge in [0, 0.05) is 19.0 Å². The minimum atomic E-state index is -3.84. The number of carbonyl (C=O) groups is 1. The van der Waals surface area contributed by atoms with E-state index in [1.165, 1.54) is 24.3 Å². The van der Waals surface area contributed by atoms with Crippen LogP contribution in [0.25, 0.3) is 16.6 Å². The van der Waals surface area contributed by atoms with Crippen molar-refractivity contribution in [3.63, 3.8) is 0 Å². The summed E-state index contributed by atoms with van der Waals surface area (Å²) in [5.41, 5.74) is 6.61. The monoisotopic (exact) mass is 546 g/mol. The molecule has 12 heteroatoms. The number of fused-ring (bicyclic) bond motifs is 1. The van der Waals surface area contributed by atoms with Gasteiger partial charge >= 0.3 is 0 Å². The van der Waals surface area contributed by atoms with E-state index in [0.717, 1.165) is 22.0 Å². The van der Waals surface area contributed by atoms with E-state index in [1.54, 1.807) is 32.2 Å². The molecule has 2 N–H and O–H groups in total. The number of aliphatic imine (C=N–C) groups is 1. The smallest absolute Gasteiger partial charge is 0.266 e. The first-order valence-corrected chi connectivity index (χ1v) is 13.4. The molecule has 0 radical (unpaired) electrons. The Morgan fingerprint density at radius 2 is 1.94 bits per heavy atom. The summed E-state index contributed by atoms with van der Waals surface area (Å²) < 4.78 is 41.4. The Bertz CT molecular complexity index is 1710. The molecule has 0 saturated heterocycles. The molecule has 4 rings (SSSR count). The fourth-order valence-electron chi connectivity index (χ4n) is 3.74. The Morgan fingerprint density at radius 3 is 2.58 bits per heavy atom. The molecule has 0 aliphatic rings. The van der Waals surface area contributed by atoms with Crippen LogP contribution in [0.15, 0.2) is 62.5 Å². The van der Waals surface area contributed by atoms with Crippen LogP contribution in [-0.2, 0) is 21.1 Å². The van der Waals surface area contributed by atoms with Crippen LogP contribution < -0.4 is 11.3 Å². The van der Waals surface area contributed by atoms with Crippen molar-refractivity contribution < 1.29 is 17.6 Å². The number of aromatic nitrogens is 2. The Hall–Kier alpha value is -3.41. The van der Waals surface area contributed by atoms with Gasteiger partial charge in [0.1, 0.15) is 27.4 Å². The van der Waals surface area contributed by atoms with Crippen LogP contribution in [0.3, 0.4) is 0 Å². The number of benzene rings is 2. The highest BCUT2D eigenvalue weighted by molar-refractivity contribution is 7.94. The average Bonchev–Trinajstić information content (AvgIpc) is 3.26. The summed E-state index contributed by atoms with van der Waals surface area (Å²) in [6, 6.07) is 11.6. The van der Waals surface area contributed by atoms with Gasteiger partial charge in [-0.05, 0) is 48.9 Å². The number of ketones is 1.